The molecule has 0 aliphatic heterocycles. The van der Waals surface area contributed by atoms with Crippen LogP contribution < -0.4 is 10.6 Å². The molecule has 2 rings (SSSR count). The molecule has 118 valence electrons. The van der Waals surface area contributed by atoms with Gasteiger partial charge < -0.3 is 10.6 Å². The molecule has 1 fully saturated rings. The number of unbranched alkanes of at least 4 members (excludes halogenated alkanes) is 1. The molecule has 1 aromatic rings. The van der Waals surface area contributed by atoms with Crippen molar-refractivity contribution >= 4 is 17.3 Å². The fraction of sp³-hybridized carbons (Fsp3) is 0.750. The lowest BCUT2D eigenvalue weighted by Crippen LogP contribution is -2.44. The first-order chi connectivity index (χ1) is 10.3. The van der Waals surface area contributed by atoms with Gasteiger partial charge in [-0.25, -0.2) is 4.98 Å². The number of thiazole rings is 1. The molecule has 0 unspecified atom stereocenters. The molecule has 0 bridgehead atoms. The molecule has 2 N–H and O–H groups in total. The Kier molecular flexibility index (Phi) is 7.00. The number of hydrogen-bond donors (Lipinski definition) is 2. The Hall–Kier alpha value is -1.10. The van der Waals surface area contributed by atoms with Crippen molar-refractivity contribution in [2.45, 2.75) is 64.3 Å². The van der Waals surface area contributed by atoms with Gasteiger partial charge in [-0.15, -0.1) is 11.3 Å². The van der Waals surface area contributed by atoms with Crippen molar-refractivity contribution in [3.8, 4) is 0 Å². The Morgan fingerprint density at radius 1 is 1.33 bits per heavy atom. The number of nitrogens with one attached hydrogen (secondary N) is 2. The molecule has 0 atom stereocenters. The van der Waals surface area contributed by atoms with Crippen molar-refractivity contribution < 1.29 is 0 Å². The normalized spacial score (nSPS) is 17.0. The second kappa shape index (κ2) is 9.03. The SMILES string of the molecule is CN=C(NCCCCc1nc(C)cs1)NC1CCCCC1. The van der Waals surface area contributed by atoms with Crippen molar-refractivity contribution in [2.75, 3.05) is 13.6 Å². The van der Waals surface area contributed by atoms with Gasteiger partial charge in [-0.05, 0) is 39.0 Å². The van der Waals surface area contributed by atoms with Gasteiger partial charge in [0.2, 0.25) is 0 Å². The molecule has 21 heavy (non-hydrogen) atoms. The van der Waals surface area contributed by atoms with Crippen LogP contribution in [0.4, 0.5) is 0 Å². The lowest BCUT2D eigenvalue weighted by Gasteiger charge is -2.24. The smallest absolute Gasteiger partial charge is 0.191 e. The standard InChI is InChI=1S/C16H28N4S/c1-13-12-21-15(19-13)10-6-7-11-18-16(17-2)20-14-8-4-3-5-9-14/h12,14H,3-11H2,1-2H3,(H2,17,18,20). The summed E-state index contributed by atoms with van der Waals surface area (Å²) < 4.78 is 0. The molecule has 1 saturated carbocycles. The van der Waals surface area contributed by atoms with Gasteiger partial charge in [-0.3, -0.25) is 4.99 Å². The third-order valence-corrected chi connectivity index (χ3v) is 4.97. The molecular weight excluding hydrogens is 280 g/mol. The summed E-state index contributed by atoms with van der Waals surface area (Å²) in [6, 6.07) is 0.614. The van der Waals surface area contributed by atoms with Crippen molar-refractivity contribution in [2.24, 2.45) is 4.99 Å². The Labute approximate surface area is 132 Å². The fourth-order valence-electron chi connectivity index (χ4n) is 2.76. The van der Waals surface area contributed by atoms with Gasteiger partial charge in [0.1, 0.15) is 0 Å². The van der Waals surface area contributed by atoms with Crippen LogP contribution in [-0.2, 0) is 6.42 Å². The summed E-state index contributed by atoms with van der Waals surface area (Å²) in [6.45, 7) is 3.04. The van der Waals surface area contributed by atoms with Gasteiger partial charge in [-0.1, -0.05) is 19.3 Å². The van der Waals surface area contributed by atoms with Gasteiger partial charge in [0, 0.05) is 30.7 Å². The number of hydrogen-bond acceptors (Lipinski definition) is 3. The van der Waals surface area contributed by atoms with Crippen LogP contribution >= 0.6 is 11.3 Å². The average molecular weight is 308 g/mol. The topological polar surface area (TPSA) is 49.3 Å². The molecule has 0 saturated heterocycles. The maximum atomic E-state index is 4.50. The highest BCUT2D eigenvalue weighted by Crippen LogP contribution is 2.17. The van der Waals surface area contributed by atoms with E-state index in [1.807, 2.05) is 7.05 Å². The van der Waals surface area contributed by atoms with Crippen LogP contribution in [0.15, 0.2) is 10.4 Å². The quantitative estimate of drug-likeness (QED) is 0.482. The van der Waals surface area contributed by atoms with Crippen LogP contribution in [0.3, 0.4) is 0 Å². The third-order valence-electron chi connectivity index (χ3n) is 3.95. The predicted molar refractivity (Wildman–Crippen MR) is 91.2 cm³/mol. The first kappa shape index (κ1) is 16.3. The van der Waals surface area contributed by atoms with Crippen LogP contribution in [0, 0.1) is 6.92 Å². The zero-order valence-electron chi connectivity index (χ0n) is 13.3. The molecule has 4 nitrogen and oxygen atoms in total. The van der Waals surface area contributed by atoms with E-state index < -0.39 is 0 Å². The lowest BCUT2D eigenvalue weighted by molar-refractivity contribution is 0.410. The molecule has 1 aliphatic carbocycles. The lowest BCUT2D eigenvalue weighted by atomic mass is 9.96. The largest absolute Gasteiger partial charge is 0.356 e. The van der Waals surface area contributed by atoms with Crippen LogP contribution in [0.2, 0.25) is 0 Å². The van der Waals surface area contributed by atoms with E-state index >= 15 is 0 Å². The summed E-state index contributed by atoms with van der Waals surface area (Å²) in [5.41, 5.74) is 1.14. The van der Waals surface area contributed by atoms with E-state index in [9.17, 15) is 0 Å². The van der Waals surface area contributed by atoms with E-state index in [0.29, 0.717) is 6.04 Å². The molecule has 0 amide bonds. The van der Waals surface area contributed by atoms with Crippen molar-refractivity contribution in [3.63, 3.8) is 0 Å². The second-order valence-corrected chi connectivity index (χ2v) is 6.76. The Morgan fingerprint density at radius 3 is 2.81 bits per heavy atom. The maximum absolute atomic E-state index is 4.50. The van der Waals surface area contributed by atoms with E-state index in [1.54, 1.807) is 11.3 Å². The molecule has 5 heteroatoms. The zero-order valence-corrected chi connectivity index (χ0v) is 14.1. The number of rotatable bonds is 6. The minimum absolute atomic E-state index is 0.614. The maximum Gasteiger partial charge on any atom is 0.191 e. The van der Waals surface area contributed by atoms with Crippen molar-refractivity contribution in [1.82, 2.24) is 15.6 Å². The fourth-order valence-corrected chi connectivity index (χ4v) is 3.58. The monoisotopic (exact) mass is 308 g/mol. The van der Waals surface area contributed by atoms with E-state index in [1.165, 1.54) is 43.5 Å². The van der Waals surface area contributed by atoms with Crippen molar-refractivity contribution in [3.05, 3.63) is 16.1 Å². The van der Waals surface area contributed by atoms with E-state index in [-0.39, 0.29) is 0 Å². The number of aromatic nitrogens is 1. The van der Waals surface area contributed by atoms with E-state index in [0.717, 1.165) is 31.0 Å². The minimum Gasteiger partial charge on any atom is -0.356 e. The molecule has 0 radical (unpaired) electrons. The second-order valence-electron chi connectivity index (χ2n) is 5.82. The molecule has 1 aliphatic rings. The molecule has 0 aromatic carbocycles. The van der Waals surface area contributed by atoms with Crippen LogP contribution in [0.1, 0.15) is 55.6 Å². The molecule has 0 spiro atoms. The summed E-state index contributed by atoms with van der Waals surface area (Å²) in [6.07, 6.45) is 10.1. The summed E-state index contributed by atoms with van der Waals surface area (Å²) in [5.74, 6) is 0.965. The third kappa shape index (κ3) is 6.04. The zero-order chi connectivity index (χ0) is 14.9. The molecule has 1 heterocycles. The van der Waals surface area contributed by atoms with E-state index in [2.05, 4.69) is 32.9 Å². The average Bonchev–Trinajstić information content (AvgIpc) is 2.92. The van der Waals surface area contributed by atoms with Gasteiger partial charge in [-0.2, -0.15) is 0 Å². The van der Waals surface area contributed by atoms with Crippen LogP contribution in [0.5, 0.6) is 0 Å². The Balaban J connectivity index is 1.57. The highest BCUT2D eigenvalue weighted by Gasteiger charge is 2.14. The summed E-state index contributed by atoms with van der Waals surface area (Å²) >= 11 is 1.77. The molecular formula is C16H28N4S. The van der Waals surface area contributed by atoms with Gasteiger partial charge in [0.15, 0.2) is 5.96 Å². The van der Waals surface area contributed by atoms with Gasteiger partial charge >= 0.3 is 0 Å². The predicted octanol–water partition coefficient (Wildman–Crippen LogP) is 3.27. The van der Waals surface area contributed by atoms with Crippen molar-refractivity contribution in [1.29, 1.82) is 0 Å². The molecule has 1 aromatic heterocycles. The van der Waals surface area contributed by atoms with Gasteiger partial charge in [0.05, 0.1) is 5.01 Å². The van der Waals surface area contributed by atoms with Crippen LogP contribution in [0.25, 0.3) is 0 Å². The Morgan fingerprint density at radius 2 is 2.14 bits per heavy atom. The van der Waals surface area contributed by atoms with Crippen LogP contribution in [-0.4, -0.2) is 30.6 Å². The summed E-state index contributed by atoms with van der Waals surface area (Å²) in [5, 5.41) is 10.4. The summed E-state index contributed by atoms with van der Waals surface area (Å²) in [4.78, 5) is 8.82. The number of aryl methyl sites for hydroxylation is 2. The number of aliphatic imine (C=N–C) groups is 1. The van der Waals surface area contributed by atoms with E-state index in [4.69, 9.17) is 0 Å². The first-order valence-electron chi connectivity index (χ1n) is 8.16. The highest BCUT2D eigenvalue weighted by molar-refractivity contribution is 7.09. The number of nitrogens with zero attached hydrogens (tertiary/aromatic N) is 2. The Bertz CT molecular complexity index is 435. The summed E-state index contributed by atoms with van der Waals surface area (Å²) in [7, 11) is 1.86. The minimum atomic E-state index is 0.614. The highest BCUT2D eigenvalue weighted by atomic mass is 32.1. The number of guanidine groups is 1. The first-order valence-corrected chi connectivity index (χ1v) is 9.04. The van der Waals surface area contributed by atoms with Gasteiger partial charge in [0.25, 0.3) is 0 Å².